The minimum Gasteiger partial charge on any atom is -0.508 e. The minimum absolute atomic E-state index is 0.0124. The molecule has 0 saturated heterocycles. The van der Waals surface area contributed by atoms with Crippen LogP contribution in [-0.4, -0.2) is 11.1 Å². The van der Waals surface area contributed by atoms with Gasteiger partial charge < -0.3 is 14.3 Å². The van der Waals surface area contributed by atoms with Crippen LogP contribution in [0.4, 0.5) is 0 Å². The average Bonchev–Trinajstić information content (AvgIpc) is 3.20. The Kier molecular flexibility index (Phi) is 3.64. The summed E-state index contributed by atoms with van der Waals surface area (Å²) in [7, 11) is 0. The second-order valence-electron chi connectivity index (χ2n) is 5.85. The van der Waals surface area contributed by atoms with Gasteiger partial charge in [0.25, 0.3) is 0 Å². The van der Waals surface area contributed by atoms with Gasteiger partial charge in [0.2, 0.25) is 0 Å². The lowest BCUT2D eigenvalue weighted by atomic mass is 10.0. The normalized spacial score (nSPS) is 20.1. The molecule has 0 amide bonds. The number of aromatic hydroxyl groups is 1. The van der Waals surface area contributed by atoms with E-state index >= 15 is 0 Å². The second-order valence-corrected chi connectivity index (χ2v) is 5.85. The molecule has 116 valence electrons. The maximum absolute atomic E-state index is 11.8. The molecule has 0 radical (unpaired) electrons. The van der Waals surface area contributed by atoms with E-state index in [0.29, 0.717) is 28.9 Å². The van der Waals surface area contributed by atoms with Crippen molar-refractivity contribution in [1.82, 2.24) is 0 Å². The fourth-order valence-electron chi connectivity index (χ4n) is 2.62. The number of benzene rings is 1. The fourth-order valence-corrected chi connectivity index (χ4v) is 2.62. The van der Waals surface area contributed by atoms with Gasteiger partial charge in [0.1, 0.15) is 17.9 Å². The first-order chi connectivity index (χ1) is 10.5. The van der Waals surface area contributed by atoms with Gasteiger partial charge in [-0.25, -0.2) is 4.79 Å². The molecule has 1 aliphatic carbocycles. The molecular weight excluding hydrogens is 284 g/mol. The Morgan fingerprint density at radius 2 is 2.09 bits per heavy atom. The molecule has 1 saturated carbocycles. The summed E-state index contributed by atoms with van der Waals surface area (Å²) in [6, 6.07) is 4.54. The van der Waals surface area contributed by atoms with Crippen molar-refractivity contribution in [3.05, 3.63) is 39.7 Å². The predicted octanol–water partition coefficient (Wildman–Crippen LogP) is 2.76. The van der Waals surface area contributed by atoms with Crippen molar-refractivity contribution in [2.75, 3.05) is 0 Å². The smallest absolute Gasteiger partial charge is 0.336 e. The number of hydrogen-bond donors (Lipinski definition) is 1. The number of phenols is 1. The van der Waals surface area contributed by atoms with Crippen molar-refractivity contribution in [3.8, 4) is 5.75 Å². The zero-order chi connectivity index (χ0) is 15.9. The molecule has 1 aromatic carbocycles. The summed E-state index contributed by atoms with van der Waals surface area (Å²) in [6.45, 7) is 3.97. The molecule has 0 aliphatic heterocycles. The summed E-state index contributed by atoms with van der Waals surface area (Å²) in [5.74, 6) is 0.248. The highest BCUT2D eigenvalue weighted by Crippen LogP contribution is 2.38. The van der Waals surface area contributed by atoms with Gasteiger partial charge in [-0.3, -0.25) is 4.79 Å². The van der Waals surface area contributed by atoms with E-state index in [1.54, 1.807) is 6.07 Å². The Bertz CT molecular complexity index is 789. The molecule has 3 rings (SSSR count). The summed E-state index contributed by atoms with van der Waals surface area (Å²) in [6.07, 6.45) is 1.52. The molecule has 0 unspecified atom stereocenters. The SMILES string of the molecule is CCc1cc2c(COC(=O)[C@@H]3C[C@@H]3C)cc(=O)oc2cc1O. The standard InChI is InChI=1S/C17H18O5/c1-3-10-5-13-11(8-21-17(20)12-4-9(12)2)6-16(19)22-15(13)7-14(10)18/h5-7,9,12,18H,3-4,8H2,1-2H3/t9-,12+/m0/s1. The van der Waals surface area contributed by atoms with Gasteiger partial charge in [0.15, 0.2) is 0 Å². The second kappa shape index (κ2) is 5.48. The number of hydrogen-bond acceptors (Lipinski definition) is 5. The van der Waals surface area contributed by atoms with E-state index in [2.05, 4.69) is 0 Å². The molecule has 0 spiro atoms. The zero-order valence-corrected chi connectivity index (χ0v) is 12.6. The number of aryl methyl sites for hydroxylation is 1. The Morgan fingerprint density at radius 3 is 2.73 bits per heavy atom. The Labute approximate surface area is 127 Å². The molecule has 22 heavy (non-hydrogen) atoms. The van der Waals surface area contributed by atoms with E-state index in [4.69, 9.17) is 9.15 Å². The number of ether oxygens (including phenoxy) is 1. The summed E-state index contributed by atoms with van der Waals surface area (Å²) < 4.78 is 10.4. The third-order valence-electron chi connectivity index (χ3n) is 4.19. The maximum atomic E-state index is 11.8. The number of phenolic OH excluding ortho intramolecular Hbond substituents is 1. The average molecular weight is 302 g/mol. The van der Waals surface area contributed by atoms with Crippen LogP contribution < -0.4 is 5.63 Å². The molecule has 1 N–H and O–H groups in total. The van der Waals surface area contributed by atoms with Crippen LogP contribution in [0.25, 0.3) is 11.0 Å². The number of carbonyl (C=O) groups is 1. The summed E-state index contributed by atoms with van der Waals surface area (Å²) in [5.41, 5.74) is 1.13. The summed E-state index contributed by atoms with van der Waals surface area (Å²) >= 11 is 0. The van der Waals surface area contributed by atoms with Crippen LogP contribution >= 0.6 is 0 Å². The Morgan fingerprint density at radius 1 is 1.36 bits per heavy atom. The van der Waals surface area contributed by atoms with E-state index in [1.165, 1.54) is 12.1 Å². The Balaban J connectivity index is 1.93. The van der Waals surface area contributed by atoms with Crippen LogP contribution in [-0.2, 0) is 22.6 Å². The summed E-state index contributed by atoms with van der Waals surface area (Å²) in [5, 5.41) is 10.6. The monoisotopic (exact) mass is 302 g/mol. The van der Waals surface area contributed by atoms with Crippen LogP contribution in [0.5, 0.6) is 5.75 Å². The molecule has 5 nitrogen and oxygen atoms in total. The maximum Gasteiger partial charge on any atom is 0.336 e. The molecule has 1 heterocycles. The van der Waals surface area contributed by atoms with E-state index < -0.39 is 5.63 Å². The van der Waals surface area contributed by atoms with Crippen LogP contribution in [0.1, 0.15) is 31.4 Å². The van der Waals surface area contributed by atoms with Crippen molar-refractivity contribution in [1.29, 1.82) is 0 Å². The van der Waals surface area contributed by atoms with Crippen molar-refractivity contribution in [3.63, 3.8) is 0 Å². The van der Waals surface area contributed by atoms with Gasteiger partial charge in [0, 0.05) is 23.1 Å². The van der Waals surface area contributed by atoms with Crippen LogP contribution in [0, 0.1) is 11.8 Å². The number of carbonyl (C=O) groups excluding carboxylic acids is 1. The van der Waals surface area contributed by atoms with Gasteiger partial charge in [-0.15, -0.1) is 0 Å². The summed E-state index contributed by atoms with van der Waals surface area (Å²) in [4.78, 5) is 23.4. The predicted molar refractivity (Wildman–Crippen MR) is 80.6 cm³/mol. The molecule has 1 aromatic heterocycles. The van der Waals surface area contributed by atoms with Gasteiger partial charge in [-0.05, 0) is 30.4 Å². The third kappa shape index (κ3) is 2.71. The lowest BCUT2D eigenvalue weighted by Gasteiger charge is -2.09. The van der Waals surface area contributed by atoms with Crippen LogP contribution in [0.15, 0.2) is 27.4 Å². The van der Waals surface area contributed by atoms with Crippen LogP contribution in [0.2, 0.25) is 0 Å². The molecular formula is C17H18O5. The van der Waals surface area contributed by atoms with Crippen LogP contribution in [0.3, 0.4) is 0 Å². The van der Waals surface area contributed by atoms with Crippen molar-refractivity contribution >= 4 is 16.9 Å². The van der Waals surface area contributed by atoms with Gasteiger partial charge in [-0.2, -0.15) is 0 Å². The van der Waals surface area contributed by atoms with Crippen molar-refractivity contribution in [2.24, 2.45) is 11.8 Å². The number of fused-ring (bicyclic) bond motifs is 1. The first-order valence-corrected chi connectivity index (χ1v) is 7.45. The van der Waals surface area contributed by atoms with E-state index in [9.17, 15) is 14.7 Å². The highest BCUT2D eigenvalue weighted by Gasteiger charge is 2.40. The quantitative estimate of drug-likeness (QED) is 0.694. The van der Waals surface area contributed by atoms with Crippen molar-refractivity contribution < 1.29 is 19.1 Å². The third-order valence-corrected chi connectivity index (χ3v) is 4.19. The Hall–Kier alpha value is -2.30. The molecule has 1 fully saturated rings. The molecule has 0 bridgehead atoms. The minimum atomic E-state index is -0.526. The van der Waals surface area contributed by atoms with E-state index in [-0.39, 0.29) is 24.2 Å². The van der Waals surface area contributed by atoms with Crippen molar-refractivity contribution in [2.45, 2.75) is 33.3 Å². The lowest BCUT2D eigenvalue weighted by molar-refractivity contribution is -0.146. The van der Waals surface area contributed by atoms with Gasteiger partial charge >= 0.3 is 11.6 Å². The van der Waals surface area contributed by atoms with E-state index in [1.807, 2.05) is 13.8 Å². The number of rotatable bonds is 4. The first kappa shape index (κ1) is 14.6. The van der Waals surface area contributed by atoms with E-state index in [0.717, 1.165) is 12.0 Å². The van der Waals surface area contributed by atoms with Gasteiger partial charge in [0.05, 0.1) is 5.92 Å². The molecule has 5 heteroatoms. The fraction of sp³-hybridized carbons (Fsp3) is 0.412. The highest BCUT2D eigenvalue weighted by molar-refractivity contribution is 5.83. The first-order valence-electron chi connectivity index (χ1n) is 7.45. The molecule has 1 aliphatic rings. The molecule has 2 atom stereocenters. The topological polar surface area (TPSA) is 76.7 Å². The number of esters is 1. The van der Waals surface area contributed by atoms with Gasteiger partial charge in [-0.1, -0.05) is 13.8 Å². The lowest BCUT2D eigenvalue weighted by Crippen LogP contribution is -2.09. The molecule has 2 aromatic rings. The zero-order valence-electron chi connectivity index (χ0n) is 12.6. The largest absolute Gasteiger partial charge is 0.508 e. The highest BCUT2D eigenvalue weighted by atomic mass is 16.5.